The number of nitrogens with one attached hydrogen (secondary N) is 2. The zero-order valence-electron chi connectivity index (χ0n) is 15.0. The number of halogens is 1. The van der Waals surface area contributed by atoms with Crippen molar-refractivity contribution in [2.75, 3.05) is 13.1 Å². The largest absolute Gasteiger partial charge is 0.342 e. The molecule has 4 amide bonds. The van der Waals surface area contributed by atoms with E-state index in [0.29, 0.717) is 13.1 Å². The molecule has 140 valence electrons. The Morgan fingerprint density at radius 2 is 2.04 bits per heavy atom. The van der Waals surface area contributed by atoms with Crippen LogP contribution in [0.3, 0.4) is 0 Å². The fourth-order valence-electron chi connectivity index (χ4n) is 3.93. The van der Waals surface area contributed by atoms with Crippen molar-refractivity contribution in [2.24, 2.45) is 5.92 Å². The Morgan fingerprint density at radius 3 is 2.62 bits per heavy atom. The summed E-state index contributed by atoms with van der Waals surface area (Å²) in [5.41, 5.74) is -0.0746. The van der Waals surface area contributed by atoms with Crippen molar-refractivity contribution in [3.63, 3.8) is 0 Å². The summed E-state index contributed by atoms with van der Waals surface area (Å²) in [5.74, 6) is -0.776. The lowest BCUT2D eigenvalue weighted by molar-refractivity contribution is -0.137. The molecule has 3 rings (SSSR count). The normalized spacial score (nSPS) is 25.0. The highest BCUT2D eigenvalue weighted by Gasteiger charge is 2.44. The quantitative estimate of drug-likeness (QED) is 0.807. The van der Waals surface area contributed by atoms with Crippen molar-refractivity contribution in [2.45, 2.75) is 44.6 Å². The van der Waals surface area contributed by atoms with Crippen LogP contribution in [0.1, 0.15) is 44.6 Å². The van der Waals surface area contributed by atoms with Gasteiger partial charge in [0, 0.05) is 19.0 Å². The van der Waals surface area contributed by atoms with Crippen molar-refractivity contribution in [3.05, 3.63) is 35.6 Å². The lowest BCUT2D eigenvalue weighted by atomic mass is 9.87. The van der Waals surface area contributed by atoms with Crippen LogP contribution < -0.4 is 10.6 Å². The number of piperidine rings is 1. The summed E-state index contributed by atoms with van der Waals surface area (Å²) in [6, 6.07) is 6.12. The van der Waals surface area contributed by atoms with Crippen molar-refractivity contribution < 1.29 is 18.8 Å². The van der Waals surface area contributed by atoms with E-state index in [1.807, 2.05) is 6.07 Å². The Bertz CT molecular complexity index is 730. The number of amides is 4. The summed E-state index contributed by atoms with van der Waals surface area (Å²) in [7, 11) is 0. The number of hydrogen-bond donors (Lipinski definition) is 2. The molecule has 2 atom stereocenters. The smallest absolute Gasteiger partial charge is 0.322 e. The molecule has 0 bridgehead atoms. The predicted molar refractivity (Wildman–Crippen MR) is 93.8 cm³/mol. The van der Waals surface area contributed by atoms with Gasteiger partial charge in [-0.1, -0.05) is 19.1 Å². The second kappa shape index (κ2) is 7.05. The minimum atomic E-state index is -1.05. The summed E-state index contributed by atoms with van der Waals surface area (Å²) >= 11 is 0. The van der Waals surface area contributed by atoms with Gasteiger partial charge in [-0.25, -0.2) is 9.18 Å². The molecule has 2 aliphatic heterocycles. The molecule has 2 saturated heterocycles. The third-order valence-corrected chi connectivity index (χ3v) is 5.38. The van der Waals surface area contributed by atoms with Gasteiger partial charge in [0.2, 0.25) is 5.91 Å². The van der Waals surface area contributed by atoms with Crippen LogP contribution in [-0.4, -0.2) is 41.4 Å². The molecule has 0 saturated carbocycles. The van der Waals surface area contributed by atoms with Crippen molar-refractivity contribution in [3.8, 4) is 0 Å². The van der Waals surface area contributed by atoms with E-state index in [1.165, 1.54) is 6.07 Å². The molecule has 2 N–H and O–H groups in total. The van der Waals surface area contributed by atoms with Gasteiger partial charge in [0.15, 0.2) is 0 Å². The number of hydrogen-bond acceptors (Lipinski definition) is 3. The van der Waals surface area contributed by atoms with Crippen molar-refractivity contribution in [1.29, 1.82) is 0 Å². The number of rotatable bonds is 4. The first kappa shape index (κ1) is 18.4. The fourth-order valence-corrected chi connectivity index (χ4v) is 3.93. The van der Waals surface area contributed by atoms with Crippen LogP contribution in [0.15, 0.2) is 24.3 Å². The fraction of sp³-hybridized carbons (Fsp3) is 0.526. The van der Waals surface area contributed by atoms with Crippen LogP contribution in [0.2, 0.25) is 0 Å². The molecule has 0 spiro atoms. The molecular weight excluding hydrogens is 337 g/mol. The van der Waals surface area contributed by atoms with Gasteiger partial charge in [-0.3, -0.25) is 14.9 Å². The second-order valence-electron chi connectivity index (χ2n) is 7.50. The topological polar surface area (TPSA) is 78.5 Å². The van der Waals surface area contributed by atoms with Crippen LogP contribution in [0.4, 0.5) is 9.18 Å². The van der Waals surface area contributed by atoms with Crippen LogP contribution in [0.5, 0.6) is 0 Å². The maximum Gasteiger partial charge on any atom is 0.322 e. The number of benzene rings is 1. The van der Waals surface area contributed by atoms with E-state index in [9.17, 15) is 18.8 Å². The molecule has 2 heterocycles. The third kappa shape index (κ3) is 3.71. The summed E-state index contributed by atoms with van der Waals surface area (Å²) in [5, 5.41) is 4.81. The number of imide groups is 1. The highest BCUT2D eigenvalue weighted by atomic mass is 19.1. The molecule has 1 aromatic carbocycles. The van der Waals surface area contributed by atoms with Gasteiger partial charge < -0.3 is 10.2 Å². The lowest BCUT2D eigenvalue weighted by Crippen LogP contribution is -2.48. The minimum absolute atomic E-state index is 0.0159. The van der Waals surface area contributed by atoms with E-state index < -0.39 is 17.5 Å². The minimum Gasteiger partial charge on any atom is -0.342 e. The first-order valence-corrected chi connectivity index (χ1v) is 8.96. The van der Waals surface area contributed by atoms with Gasteiger partial charge in [-0.15, -0.1) is 0 Å². The number of carbonyl (C=O) groups is 3. The molecule has 26 heavy (non-hydrogen) atoms. The summed E-state index contributed by atoms with van der Waals surface area (Å²) in [6.45, 7) is 4.64. The SMILES string of the molecule is CC(C[C@@]1(C)NC(=O)NC1=O)C(=O)N1CCC(c2cccc(F)c2)CC1. The van der Waals surface area contributed by atoms with Gasteiger partial charge >= 0.3 is 6.03 Å². The number of nitrogens with zero attached hydrogens (tertiary/aromatic N) is 1. The first-order valence-electron chi connectivity index (χ1n) is 8.96. The third-order valence-electron chi connectivity index (χ3n) is 5.38. The predicted octanol–water partition coefficient (Wildman–Crippen LogP) is 2.16. The van der Waals surface area contributed by atoms with Gasteiger partial charge in [0.1, 0.15) is 11.4 Å². The van der Waals surface area contributed by atoms with E-state index in [0.717, 1.165) is 18.4 Å². The Morgan fingerprint density at radius 1 is 1.35 bits per heavy atom. The molecule has 6 nitrogen and oxygen atoms in total. The van der Waals surface area contributed by atoms with Gasteiger partial charge in [-0.05, 0) is 49.8 Å². The van der Waals surface area contributed by atoms with Gasteiger partial charge in [0.25, 0.3) is 5.91 Å². The zero-order valence-corrected chi connectivity index (χ0v) is 15.0. The Hall–Kier alpha value is -2.44. The van der Waals surface area contributed by atoms with E-state index in [1.54, 1.807) is 30.9 Å². The monoisotopic (exact) mass is 361 g/mol. The Balaban J connectivity index is 1.56. The zero-order chi connectivity index (χ0) is 18.9. The maximum absolute atomic E-state index is 13.4. The molecule has 2 fully saturated rings. The molecule has 0 aliphatic carbocycles. The molecule has 2 aliphatic rings. The Labute approximate surface area is 152 Å². The lowest BCUT2D eigenvalue weighted by Gasteiger charge is -2.35. The van der Waals surface area contributed by atoms with E-state index in [-0.39, 0.29) is 30.0 Å². The van der Waals surface area contributed by atoms with Crippen LogP contribution >= 0.6 is 0 Å². The highest BCUT2D eigenvalue weighted by Crippen LogP contribution is 2.30. The van der Waals surface area contributed by atoms with E-state index in [4.69, 9.17) is 0 Å². The first-order chi connectivity index (χ1) is 12.3. The number of carbonyl (C=O) groups excluding carboxylic acids is 3. The van der Waals surface area contributed by atoms with Crippen LogP contribution in [-0.2, 0) is 9.59 Å². The van der Waals surface area contributed by atoms with Crippen molar-refractivity contribution >= 4 is 17.8 Å². The highest BCUT2D eigenvalue weighted by molar-refractivity contribution is 6.07. The molecule has 1 unspecified atom stereocenters. The molecule has 1 aromatic rings. The van der Waals surface area contributed by atoms with Gasteiger partial charge in [-0.2, -0.15) is 0 Å². The van der Waals surface area contributed by atoms with Gasteiger partial charge in [0.05, 0.1) is 0 Å². The van der Waals surface area contributed by atoms with Crippen LogP contribution in [0, 0.1) is 11.7 Å². The number of urea groups is 1. The summed E-state index contributed by atoms with van der Waals surface area (Å²) < 4.78 is 13.4. The number of likely N-dealkylation sites (tertiary alicyclic amines) is 1. The molecular formula is C19H24FN3O3. The van der Waals surface area contributed by atoms with Crippen LogP contribution in [0.25, 0.3) is 0 Å². The average Bonchev–Trinajstić information content (AvgIpc) is 2.86. The molecule has 7 heteroatoms. The standard InChI is InChI=1S/C19H24FN3O3/c1-12(11-19(2)17(25)21-18(26)22-19)16(24)23-8-6-13(7-9-23)14-4-3-5-15(20)10-14/h3-5,10,12-13H,6-9,11H2,1-2H3,(H2,21,22,25,26)/t12?,19-/m1/s1. The van der Waals surface area contributed by atoms with Crippen molar-refractivity contribution in [1.82, 2.24) is 15.5 Å². The van der Waals surface area contributed by atoms with E-state index in [2.05, 4.69) is 10.6 Å². The summed E-state index contributed by atoms with van der Waals surface area (Å²) in [4.78, 5) is 37.8. The maximum atomic E-state index is 13.4. The summed E-state index contributed by atoms with van der Waals surface area (Å²) in [6.07, 6.45) is 1.83. The Kier molecular flexibility index (Phi) is 4.98. The van der Waals surface area contributed by atoms with E-state index >= 15 is 0 Å². The molecule has 0 radical (unpaired) electrons. The second-order valence-corrected chi connectivity index (χ2v) is 7.50. The average molecular weight is 361 g/mol. The molecule has 0 aromatic heterocycles.